The first-order valence-corrected chi connectivity index (χ1v) is 10.1. The van der Waals surface area contributed by atoms with E-state index in [1.807, 2.05) is 29.6 Å². The Balaban J connectivity index is 1.59. The summed E-state index contributed by atoms with van der Waals surface area (Å²) in [6, 6.07) is 9.21. The number of aromatic nitrogens is 2. The molecule has 4 nitrogen and oxygen atoms in total. The fourth-order valence-electron chi connectivity index (χ4n) is 2.29. The molecule has 0 radical (unpaired) electrons. The standard InChI is InChI=1S/C17H15BrN2O2S2/c1-20-16(22)13-8-10-23-15(13)19-17(20)24-9-2-3-14(21)11-4-6-12(18)7-5-11/h4-8,10H,2-3,9H2,1H3. The molecule has 0 spiro atoms. The van der Waals surface area contributed by atoms with Crippen LogP contribution in [0, 0.1) is 0 Å². The van der Waals surface area contributed by atoms with Gasteiger partial charge < -0.3 is 0 Å². The Hall–Kier alpha value is -1.44. The van der Waals surface area contributed by atoms with Crippen LogP contribution in [0.4, 0.5) is 0 Å². The fourth-order valence-corrected chi connectivity index (χ4v) is 4.27. The van der Waals surface area contributed by atoms with E-state index < -0.39 is 0 Å². The lowest BCUT2D eigenvalue weighted by molar-refractivity contribution is 0.0982. The number of benzene rings is 1. The second kappa shape index (κ2) is 7.63. The molecule has 0 aliphatic carbocycles. The lowest BCUT2D eigenvalue weighted by Crippen LogP contribution is -2.19. The number of ketones is 1. The minimum atomic E-state index is -0.0188. The number of carbonyl (C=O) groups excluding carboxylic acids is 1. The highest BCUT2D eigenvalue weighted by molar-refractivity contribution is 9.10. The van der Waals surface area contributed by atoms with E-state index in [0.29, 0.717) is 17.0 Å². The maximum absolute atomic E-state index is 12.2. The van der Waals surface area contributed by atoms with Crippen LogP contribution in [0.1, 0.15) is 23.2 Å². The van der Waals surface area contributed by atoms with Crippen LogP contribution >= 0.6 is 39.0 Å². The highest BCUT2D eigenvalue weighted by Crippen LogP contribution is 2.21. The molecule has 2 aromatic heterocycles. The first-order chi connectivity index (χ1) is 11.6. The SMILES string of the molecule is Cn1c(SCCCC(=O)c2ccc(Br)cc2)nc2sccc2c1=O. The summed E-state index contributed by atoms with van der Waals surface area (Å²) < 4.78 is 2.54. The third-order valence-corrected chi connectivity index (χ3v) is 6.06. The topological polar surface area (TPSA) is 52.0 Å². The van der Waals surface area contributed by atoms with E-state index in [0.717, 1.165) is 27.0 Å². The molecule has 0 aliphatic heterocycles. The zero-order valence-corrected chi connectivity index (χ0v) is 16.2. The van der Waals surface area contributed by atoms with Crippen LogP contribution in [0.25, 0.3) is 10.2 Å². The van der Waals surface area contributed by atoms with E-state index >= 15 is 0 Å². The molecule has 0 bridgehead atoms. The lowest BCUT2D eigenvalue weighted by atomic mass is 10.1. The van der Waals surface area contributed by atoms with E-state index in [1.165, 1.54) is 23.1 Å². The number of fused-ring (bicyclic) bond motifs is 1. The Morgan fingerprint density at radius 3 is 2.79 bits per heavy atom. The number of rotatable bonds is 6. The van der Waals surface area contributed by atoms with Gasteiger partial charge in [0.05, 0.1) is 5.39 Å². The van der Waals surface area contributed by atoms with Gasteiger partial charge in [0.25, 0.3) is 5.56 Å². The van der Waals surface area contributed by atoms with Gasteiger partial charge in [-0.1, -0.05) is 39.8 Å². The first kappa shape index (κ1) is 17.4. The van der Waals surface area contributed by atoms with Crippen molar-refractivity contribution in [3.05, 3.63) is 56.1 Å². The molecular formula is C17H15BrN2O2S2. The molecule has 0 aliphatic rings. The second-order valence-corrected chi connectivity index (χ2v) is 8.15. The number of nitrogens with zero attached hydrogens (tertiary/aromatic N) is 2. The van der Waals surface area contributed by atoms with Crippen molar-refractivity contribution >= 4 is 55.0 Å². The van der Waals surface area contributed by atoms with Crippen molar-refractivity contribution in [1.29, 1.82) is 0 Å². The van der Waals surface area contributed by atoms with Crippen molar-refractivity contribution in [3.8, 4) is 0 Å². The van der Waals surface area contributed by atoms with Crippen LogP contribution in [0.5, 0.6) is 0 Å². The molecule has 24 heavy (non-hydrogen) atoms. The maximum Gasteiger partial charge on any atom is 0.262 e. The number of halogens is 1. The second-order valence-electron chi connectivity index (χ2n) is 5.28. The quantitative estimate of drug-likeness (QED) is 0.253. The molecule has 124 valence electrons. The summed E-state index contributed by atoms with van der Waals surface area (Å²) in [4.78, 5) is 29.7. The Morgan fingerprint density at radius 1 is 1.29 bits per heavy atom. The van der Waals surface area contributed by atoms with Crippen molar-refractivity contribution in [3.63, 3.8) is 0 Å². The summed E-state index contributed by atoms with van der Waals surface area (Å²) in [6.45, 7) is 0. The van der Waals surface area contributed by atoms with Crippen molar-refractivity contribution in [2.75, 3.05) is 5.75 Å². The summed E-state index contributed by atoms with van der Waals surface area (Å²) in [5.74, 6) is 0.887. The molecule has 0 N–H and O–H groups in total. The number of thiophene rings is 1. The van der Waals surface area contributed by atoms with Gasteiger partial charge in [-0.25, -0.2) is 4.98 Å². The highest BCUT2D eigenvalue weighted by Gasteiger charge is 2.10. The monoisotopic (exact) mass is 422 g/mol. The van der Waals surface area contributed by atoms with E-state index in [-0.39, 0.29) is 11.3 Å². The van der Waals surface area contributed by atoms with Crippen LogP contribution in [0.15, 0.2) is 50.1 Å². The Morgan fingerprint density at radius 2 is 2.04 bits per heavy atom. The van der Waals surface area contributed by atoms with Gasteiger partial charge in [-0.2, -0.15) is 0 Å². The maximum atomic E-state index is 12.2. The van der Waals surface area contributed by atoms with Crippen LogP contribution in [0.3, 0.4) is 0 Å². The van der Waals surface area contributed by atoms with E-state index in [2.05, 4.69) is 20.9 Å². The largest absolute Gasteiger partial charge is 0.294 e. The van der Waals surface area contributed by atoms with Crippen LogP contribution in [-0.4, -0.2) is 21.1 Å². The van der Waals surface area contributed by atoms with Crippen molar-refractivity contribution < 1.29 is 4.79 Å². The summed E-state index contributed by atoms with van der Waals surface area (Å²) >= 11 is 6.35. The predicted octanol–water partition coefficient (Wildman–Crippen LogP) is 4.51. The molecule has 0 saturated carbocycles. The minimum absolute atomic E-state index is 0.0188. The van der Waals surface area contributed by atoms with Gasteiger partial charge in [-0.3, -0.25) is 14.2 Å². The molecule has 0 saturated heterocycles. The number of hydrogen-bond donors (Lipinski definition) is 0. The van der Waals surface area contributed by atoms with E-state index in [1.54, 1.807) is 17.7 Å². The van der Waals surface area contributed by atoms with Gasteiger partial charge >= 0.3 is 0 Å². The number of hydrogen-bond acceptors (Lipinski definition) is 5. The number of Topliss-reactive ketones (excluding diaryl/α,β-unsaturated/α-hetero) is 1. The molecule has 7 heteroatoms. The first-order valence-electron chi connectivity index (χ1n) is 7.42. The smallest absolute Gasteiger partial charge is 0.262 e. The zero-order valence-electron chi connectivity index (χ0n) is 13.0. The molecule has 3 aromatic rings. The van der Waals surface area contributed by atoms with E-state index in [4.69, 9.17) is 0 Å². The molecule has 0 atom stereocenters. The molecule has 3 rings (SSSR count). The van der Waals surface area contributed by atoms with Crippen molar-refractivity contribution in [1.82, 2.24) is 9.55 Å². The Bertz CT molecular complexity index is 932. The summed E-state index contributed by atoms with van der Waals surface area (Å²) in [5, 5.41) is 3.24. The van der Waals surface area contributed by atoms with Gasteiger partial charge in [-0.15, -0.1) is 11.3 Å². The van der Waals surface area contributed by atoms with Crippen molar-refractivity contribution in [2.45, 2.75) is 18.0 Å². The van der Waals surface area contributed by atoms with Crippen LogP contribution in [-0.2, 0) is 7.05 Å². The fraction of sp³-hybridized carbons (Fsp3) is 0.235. The van der Waals surface area contributed by atoms with Gasteiger partial charge in [0.1, 0.15) is 4.83 Å². The highest BCUT2D eigenvalue weighted by atomic mass is 79.9. The normalized spacial score (nSPS) is 11.1. The molecule has 2 heterocycles. The molecule has 0 fully saturated rings. The lowest BCUT2D eigenvalue weighted by Gasteiger charge is -2.06. The van der Waals surface area contributed by atoms with Crippen LogP contribution < -0.4 is 5.56 Å². The number of carbonyl (C=O) groups is 1. The van der Waals surface area contributed by atoms with Gasteiger partial charge in [0, 0.05) is 29.3 Å². The van der Waals surface area contributed by atoms with Crippen LogP contribution in [0.2, 0.25) is 0 Å². The molecular weight excluding hydrogens is 408 g/mol. The third kappa shape index (κ3) is 3.79. The van der Waals surface area contributed by atoms with Gasteiger partial charge in [-0.05, 0) is 30.0 Å². The molecule has 1 aromatic carbocycles. The Labute approximate surface area is 156 Å². The average molecular weight is 423 g/mol. The average Bonchev–Trinajstić information content (AvgIpc) is 3.05. The minimum Gasteiger partial charge on any atom is -0.294 e. The summed E-state index contributed by atoms with van der Waals surface area (Å²) in [7, 11) is 1.74. The van der Waals surface area contributed by atoms with E-state index in [9.17, 15) is 9.59 Å². The third-order valence-electron chi connectivity index (χ3n) is 3.61. The van der Waals surface area contributed by atoms with Crippen molar-refractivity contribution in [2.24, 2.45) is 7.05 Å². The molecule has 0 unspecified atom stereocenters. The summed E-state index contributed by atoms with van der Waals surface area (Å²) in [5.41, 5.74) is 0.711. The zero-order chi connectivity index (χ0) is 17.1. The van der Waals surface area contributed by atoms with Gasteiger partial charge in [0.15, 0.2) is 10.9 Å². The predicted molar refractivity (Wildman–Crippen MR) is 103 cm³/mol. The van der Waals surface area contributed by atoms with Gasteiger partial charge in [0.2, 0.25) is 0 Å². The molecule has 0 amide bonds. The summed E-state index contributed by atoms with van der Waals surface area (Å²) in [6.07, 6.45) is 1.24. The number of thioether (sulfide) groups is 1. The Kier molecular flexibility index (Phi) is 5.53.